The van der Waals surface area contributed by atoms with Crippen molar-refractivity contribution in [3.63, 3.8) is 0 Å². The summed E-state index contributed by atoms with van der Waals surface area (Å²) in [6, 6.07) is 17.0. The van der Waals surface area contributed by atoms with Crippen LogP contribution in [0.1, 0.15) is 12.0 Å². The number of rotatable bonds is 8. The molecule has 3 amide bonds. The molecular weight excluding hydrogens is 533 g/mol. The van der Waals surface area contributed by atoms with Gasteiger partial charge in [0.2, 0.25) is 18.6 Å². The molecule has 0 saturated carbocycles. The Morgan fingerprint density at radius 3 is 2.58 bits per heavy atom. The highest BCUT2D eigenvalue weighted by atomic mass is 35.5. The van der Waals surface area contributed by atoms with E-state index in [0.29, 0.717) is 45.2 Å². The maximum atomic E-state index is 12.7. The van der Waals surface area contributed by atoms with E-state index in [1.807, 2.05) is 12.1 Å². The first-order valence-corrected chi connectivity index (χ1v) is 12.6. The molecule has 196 valence electrons. The summed E-state index contributed by atoms with van der Waals surface area (Å²) >= 11 is 11.9. The van der Waals surface area contributed by atoms with Crippen LogP contribution in [0.5, 0.6) is 17.2 Å². The van der Waals surface area contributed by atoms with Crippen LogP contribution in [0.25, 0.3) is 0 Å². The summed E-state index contributed by atoms with van der Waals surface area (Å²) in [5.41, 5.74) is 1.96. The molecule has 3 aromatic rings. The molecule has 0 unspecified atom stereocenters. The van der Waals surface area contributed by atoms with Crippen molar-refractivity contribution < 1.29 is 28.6 Å². The number of fused-ring (bicyclic) bond motifs is 1. The standard InChI is InChI=1S/C27H23Cl2N3O6/c28-18-2-7-22(21(29)11-18)31-25(33)14-36-20-5-3-19(4-6-20)32-13-17(10-26(32)34)27(35)30-12-16-1-8-23-24(9-16)38-15-37-23/h1-9,11,17H,10,12-15H2,(H,30,35)(H,31,33)/t17-/m1/s1. The van der Waals surface area contributed by atoms with E-state index in [0.717, 1.165) is 5.56 Å². The highest BCUT2D eigenvalue weighted by Crippen LogP contribution is 2.33. The minimum atomic E-state index is -0.462. The van der Waals surface area contributed by atoms with Crippen molar-refractivity contribution in [2.24, 2.45) is 5.92 Å². The van der Waals surface area contributed by atoms with Crippen LogP contribution in [0.3, 0.4) is 0 Å². The number of nitrogens with one attached hydrogen (secondary N) is 2. The van der Waals surface area contributed by atoms with Crippen LogP contribution in [0, 0.1) is 5.92 Å². The van der Waals surface area contributed by atoms with Crippen LogP contribution in [0.15, 0.2) is 60.7 Å². The second-order valence-corrected chi connectivity index (χ2v) is 9.61. The number of carbonyl (C=O) groups excluding carboxylic acids is 3. The highest BCUT2D eigenvalue weighted by Gasteiger charge is 2.35. The number of nitrogens with zero attached hydrogens (tertiary/aromatic N) is 1. The Morgan fingerprint density at radius 1 is 1.00 bits per heavy atom. The number of carbonyl (C=O) groups is 3. The van der Waals surface area contributed by atoms with Gasteiger partial charge in [-0.3, -0.25) is 14.4 Å². The van der Waals surface area contributed by atoms with E-state index in [4.69, 9.17) is 37.4 Å². The van der Waals surface area contributed by atoms with E-state index in [1.165, 1.54) is 6.07 Å². The third-order valence-electron chi connectivity index (χ3n) is 6.12. The van der Waals surface area contributed by atoms with Crippen molar-refractivity contribution in [3.05, 3.63) is 76.3 Å². The van der Waals surface area contributed by atoms with Gasteiger partial charge in [-0.25, -0.2) is 0 Å². The third-order valence-corrected chi connectivity index (χ3v) is 6.67. The summed E-state index contributed by atoms with van der Waals surface area (Å²) in [6.07, 6.45) is 0.124. The molecular formula is C27H23Cl2N3O6. The molecule has 38 heavy (non-hydrogen) atoms. The van der Waals surface area contributed by atoms with Gasteiger partial charge < -0.3 is 29.7 Å². The molecule has 1 saturated heterocycles. The van der Waals surface area contributed by atoms with Crippen molar-refractivity contribution >= 4 is 52.3 Å². The fourth-order valence-electron chi connectivity index (χ4n) is 4.17. The van der Waals surface area contributed by atoms with Gasteiger partial charge in [0.1, 0.15) is 5.75 Å². The third kappa shape index (κ3) is 5.95. The van der Waals surface area contributed by atoms with Crippen LogP contribution in [-0.2, 0) is 20.9 Å². The predicted molar refractivity (Wildman–Crippen MR) is 142 cm³/mol. The minimum Gasteiger partial charge on any atom is -0.484 e. The molecule has 0 spiro atoms. The maximum Gasteiger partial charge on any atom is 0.262 e. The molecule has 11 heteroatoms. The predicted octanol–water partition coefficient (Wildman–Crippen LogP) is 4.41. The van der Waals surface area contributed by atoms with Gasteiger partial charge in [0, 0.05) is 30.2 Å². The Balaban J connectivity index is 1.11. The largest absolute Gasteiger partial charge is 0.484 e. The van der Waals surface area contributed by atoms with E-state index in [9.17, 15) is 14.4 Å². The molecule has 3 aromatic carbocycles. The molecule has 2 aliphatic heterocycles. The Bertz CT molecular complexity index is 1380. The number of ether oxygens (including phenoxy) is 3. The fourth-order valence-corrected chi connectivity index (χ4v) is 4.62. The van der Waals surface area contributed by atoms with Gasteiger partial charge in [-0.15, -0.1) is 0 Å². The number of hydrogen-bond acceptors (Lipinski definition) is 6. The average molecular weight is 556 g/mol. The Kier molecular flexibility index (Phi) is 7.57. The SMILES string of the molecule is O=C(COc1ccc(N2C[C@H](C(=O)NCc3ccc4c(c3)OCO4)CC2=O)cc1)Nc1ccc(Cl)cc1Cl. The average Bonchev–Trinajstić information content (AvgIpc) is 3.54. The summed E-state index contributed by atoms with van der Waals surface area (Å²) in [5.74, 6) is 0.609. The zero-order chi connectivity index (χ0) is 26.6. The van der Waals surface area contributed by atoms with Crippen LogP contribution < -0.4 is 29.7 Å². The van der Waals surface area contributed by atoms with Gasteiger partial charge in [-0.1, -0.05) is 29.3 Å². The first-order chi connectivity index (χ1) is 18.4. The lowest BCUT2D eigenvalue weighted by molar-refractivity contribution is -0.126. The van der Waals surface area contributed by atoms with E-state index in [2.05, 4.69) is 10.6 Å². The molecule has 0 radical (unpaired) electrons. The number of anilines is 2. The summed E-state index contributed by atoms with van der Waals surface area (Å²) in [7, 11) is 0. The van der Waals surface area contributed by atoms with Gasteiger partial charge in [-0.2, -0.15) is 0 Å². The van der Waals surface area contributed by atoms with Gasteiger partial charge in [0.25, 0.3) is 5.91 Å². The van der Waals surface area contributed by atoms with Gasteiger partial charge in [0.15, 0.2) is 18.1 Å². The molecule has 0 aromatic heterocycles. The molecule has 2 N–H and O–H groups in total. The Labute approximate surface area is 228 Å². The summed E-state index contributed by atoms with van der Waals surface area (Å²) in [5, 5.41) is 6.35. The number of halogens is 2. The first-order valence-electron chi connectivity index (χ1n) is 11.8. The topological polar surface area (TPSA) is 106 Å². The molecule has 9 nitrogen and oxygen atoms in total. The van der Waals surface area contributed by atoms with Crippen LogP contribution in [0.4, 0.5) is 11.4 Å². The lowest BCUT2D eigenvalue weighted by Gasteiger charge is -2.17. The molecule has 5 rings (SSSR count). The van der Waals surface area contributed by atoms with Crippen LogP contribution in [0.2, 0.25) is 10.0 Å². The monoisotopic (exact) mass is 555 g/mol. The van der Waals surface area contributed by atoms with E-state index < -0.39 is 5.92 Å². The fraction of sp³-hybridized carbons (Fsp3) is 0.222. The van der Waals surface area contributed by atoms with E-state index >= 15 is 0 Å². The Morgan fingerprint density at radius 2 is 1.79 bits per heavy atom. The lowest BCUT2D eigenvalue weighted by Crippen LogP contribution is -2.32. The van der Waals surface area contributed by atoms with Crippen molar-refractivity contribution in [1.29, 1.82) is 0 Å². The second kappa shape index (κ2) is 11.2. The molecule has 0 bridgehead atoms. The van der Waals surface area contributed by atoms with Gasteiger partial charge in [-0.05, 0) is 60.2 Å². The van der Waals surface area contributed by atoms with Crippen molar-refractivity contribution in [2.45, 2.75) is 13.0 Å². The number of benzene rings is 3. The van der Waals surface area contributed by atoms with Crippen molar-refractivity contribution in [1.82, 2.24) is 5.32 Å². The normalized spacial score (nSPS) is 15.9. The number of amides is 3. The molecule has 2 aliphatic rings. The quantitative estimate of drug-likeness (QED) is 0.426. The molecule has 1 fully saturated rings. The number of hydrogen-bond donors (Lipinski definition) is 2. The molecule has 0 aliphatic carbocycles. The minimum absolute atomic E-state index is 0.124. The van der Waals surface area contributed by atoms with Gasteiger partial charge >= 0.3 is 0 Å². The van der Waals surface area contributed by atoms with Crippen LogP contribution in [-0.4, -0.2) is 37.7 Å². The highest BCUT2D eigenvalue weighted by molar-refractivity contribution is 6.36. The van der Waals surface area contributed by atoms with Crippen molar-refractivity contribution in [2.75, 3.05) is 30.2 Å². The van der Waals surface area contributed by atoms with E-state index in [-0.39, 0.29) is 44.1 Å². The zero-order valence-electron chi connectivity index (χ0n) is 20.0. The second-order valence-electron chi connectivity index (χ2n) is 8.77. The van der Waals surface area contributed by atoms with Crippen LogP contribution >= 0.6 is 23.2 Å². The summed E-state index contributed by atoms with van der Waals surface area (Å²) in [6.45, 7) is 0.556. The molecule has 2 heterocycles. The van der Waals surface area contributed by atoms with E-state index in [1.54, 1.807) is 47.4 Å². The lowest BCUT2D eigenvalue weighted by atomic mass is 10.1. The summed E-state index contributed by atoms with van der Waals surface area (Å²) in [4.78, 5) is 39.1. The molecule has 1 atom stereocenters. The summed E-state index contributed by atoms with van der Waals surface area (Å²) < 4.78 is 16.2. The van der Waals surface area contributed by atoms with Crippen molar-refractivity contribution in [3.8, 4) is 17.2 Å². The zero-order valence-corrected chi connectivity index (χ0v) is 21.6. The maximum absolute atomic E-state index is 12.7. The van der Waals surface area contributed by atoms with Gasteiger partial charge in [0.05, 0.1) is 16.6 Å². The first kappa shape index (κ1) is 25.7. The smallest absolute Gasteiger partial charge is 0.262 e. The Hall–Kier alpha value is -3.95.